The molecule has 0 rings (SSSR count). The topological polar surface area (TPSA) is 0 Å². The Bertz CT molecular complexity index is 338. The molecule has 0 aromatic heterocycles. The monoisotopic (exact) mass is 777 g/mol. The van der Waals surface area contributed by atoms with Crippen LogP contribution in [0, 0.1) is 11.8 Å². The second-order valence-corrected chi connectivity index (χ2v) is 15.1. The molecule has 0 aromatic carbocycles. The Morgan fingerprint density at radius 2 is 0.378 bits per heavy atom. The molecule has 0 atom stereocenters. The predicted octanol–water partition coefficient (Wildman–Crippen LogP) is 15.7. The van der Waals surface area contributed by atoms with Gasteiger partial charge in [-0.3, -0.25) is 0 Å². The molecule has 0 bridgehead atoms. The third kappa shape index (κ3) is 86.8. The maximum absolute atomic E-state index is 4.95. The molecular formula is C42H88S2Sn. The standard InChI is InChI=1S/2C17H36S.2C4H9.Sn/c2*1-2-3-4-5-6-7-8-9-10-11-12-13-14-15-16-17-18;2*1-4(2)3;/h2*18H,2-17H2,1H3;2*1-3H3;/q;;;;+2/p-2. The van der Waals surface area contributed by atoms with Gasteiger partial charge in [0.1, 0.15) is 0 Å². The van der Waals surface area contributed by atoms with E-state index in [0.717, 1.165) is 11.5 Å². The van der Waals surface area contributed by atoms with E-state index in [4.69, 9.17) is 25.3 Å². The molecule has 0 spiro atoms. The van der Waals surface area contributed by atoms with Gasteiger partial charge in [-0.1, -0.05) is 248 Å². The summed E-state index contributed by atoms with van der Waals surface area (Å²) < 4.78 is 0. The van der Waals surface area contributed by atoms with Crippen molar-refractivity contribution in [2.45, 2.75) is 248 Å². The SMILES string of the molecule is CCCCCCCCCCCCCCCCC[S-].CCCCCCCCCCCCCCCCC[S-].C[C](C)C.C[C](C)C.[Sn+2]. The molecule has 0 aliphatic heterocycles. The van der Waals surface area contributed by atoms with Crippen LogP contribution >= 0.6 is 0 Å². The average Bonchev–Trinajstić information content (AvgIpc) is 2.97. The van der Waals surface area contributed by atoms with Gasteiger partial charge in [0.05, 0.1) is 0 Å². The zero-order chi connectivity index (χ0) is 33.8. The Morgan fingerprint density at radius 3 is 0.489 bits per heavy atom. The van der Waals surface area contributed by atoms with E-state index in [1.165, 1.54) is 204 Å². The second-order valence-electron chi connectivity index (χ2n) is 14.3. The first kappa shape index (κ1) is 55.9. The predicted molar refractivity (Wildman–Crippen MR) is 221 cm³/mol. The Hall–Kier alpha value is 1.50. The van der Waals surface area contributed by atoms with Gasteiger partial charge in [0.25, 0.3) is 0 Å². The van der Waals surface area contributed by atoms with Crippen molar-refractivity contribution in [3.8, 4) is 0 Å². The zero-order valence-electron chi connectivity index (χ0n) is 32.9. The van der Waals surface area contributed by atoms with Gasteiger partial charge in [0.2, 0.25) is 0 Å². The third-order valence-corrected chi connectivity index (χ3v) is 8.07. The van der Waals surface area contributed by atoms with Crippen molar-refractivity contribution in [3.05, 3.63) is 11.8 Å². The van der Waals surface area contributed by atoms with Crippen molar-refractivity contribution in [3.63, 3.8) is 0 Å². The van der Waals surface area contributed by atoms with Gasteiger partial charge in [0.15, 0.2) is 0 Å². The molecule has 0 heterocycles. The summed E-state index contributed by atoms with van der Waals surface area (Å²) in [6.45, 7) is 17.1. The first-order valence-electron chi connectivity index (χ1n) is 20.0. The van der Waals surface area contributed by atoms with Crippen LogP contribution in [0.25, 0.3) is 0 Å². The fourth-order valence-corrected chi connectivity index (χ4v) is 5.36. The molecule has 0 N–H and O–H groups in total. The van der Waals surface area contributed by atoms with E-state index in [-0.39, 0.29) is 23.9 Å². The molecule has 272 valence electrons. The van der Waals surface area contributed by atoms with E-state index < -0.39 is 0 Å². The van der Waals surface area contributed by atoms with Crippen LogP contribution in [-0.2, 0) is 25.3 Å². The third-order valence-electron chi connectivity index (χ3n) is 7.50. The molecule has 0 unspecified atom stereocenters. The van der Waals surface area contributed by atoms with E-state index in [0.29, 0.717) is 0 Å². The summed E-state index contributed by atoms with van der Waals surface area (Å²) in [4.78, 5) is 0. The van der Waals surface area contributed by atoms with Crippen LogP contribution in [-0.4, -0.2) is 35.4 Å². The average molecular weight is 776 g/mol. The smallest absolute Gasteiger partial charge is 0.793 e. The number of rotatable bonds is 30. The molecule has 0 fully saturated rings. The summed E-state index contributed by atoms with van der Waals surface area (Å²) in [5.41, 5.74) is 0. The van der Waals surface area contributed by atoms with Crippen LogP contribution in [0.3, 0.4) is 0 Å². The van der Waals surface area contributed by atoms with Crippen molar-refractivity contribution >= 4 is 49.2 Å². The van der Waals surface area contributed by atoms with Crippen LogP contribution in [0.5, 0.6) is 0 Å². The molecule has 0 nitrogen and oxygen atoms in total. The van der Waals surface area contributed by atoms with Gasteiger partial charge in [0, 0.05) is 0 Å². The van der Waals surface area contributed by atoms with Crippen molar-refractivity contribution < 1.29 is 0 Å². The van der Waals surface area contributed by atoms with Gasteiger partial charge in [-0.15, -0.1) is 0 Å². The van der Waals surface area contributed by atoms with Crippen LogP contribution < -0.4 is 0 Å². The molecular weight excluding hydrogens is 687 g/mol. The Morgan fingerprint density at radius 1 is 0.267 bits per heavy atom. The van der Waals surface area contributed by atoms with Gasteiger partial charge in [-0.2, -0.15) is 11.5 Å². The first-order chi connectivity index (χ1) is 21.3. The van der Waals surface area contributed by atoms with Gasteiger partial charge < -0.3 is 25.3 Å². The van der Waals surface area contributed by atoms with Crippen molar-refractivity contribution in [1.82, 2.24) is 0 Å². The fraction of sp³-hybridized carbons (Fsp3) is 0.952. The minimum absolute atomic E-state index is 0. The fourth-order valence-electron chi connectivity index (χ4n) is 4.95. The first-order valence-corrected chi connectivity index (χ1v) is 21.1. The van der Waals surface area contributed by atoms with Gasteiger partial charge in [-0.05, 0) is 11.8 Å². The molecule has 0 saturated heterocycles. The quantitative estimate of drug-likeness (QED) is 0.0405. The van der Waals surface area contributed by atoms with Crippen LogP contribution in [0.4, 0.5) is 0 Å². The summed E-state index contributed by atoms with van der Waals surface area (Å²) in [6, 6.07) is 0. The maximum atomic E-state index is 4.95. The molecule has 0 aliphatic carbocycles. The number of unbranched alkanes of at least 4 members (excludes halogenated alkanes) is 28. The molecule has 45 heavy (non-hydrogen) atoms. The molecule has 3 heteroatoms. The van der Waals surface area contributed by atoms with Crippen LogP contribution in [0.2, 0.25) is 0 Å². The van der Waals surface area contributed by atoms with Crippen molar-refractivity contribution in [1.29, 1.82) is 0 Å². The second kappa shape index (κ2) is 57.7. The number of hydrogen-bond acceptors (Lipinski definition) is 2. The van der Waals surface area contributed by atoms with E-state index >= 15 is 0 Å². The molecule has 0 aromatic rings. The zero-order valence-corrected chi connectivity index (χ0v) is 37.4. The summed E-state index contributed by atoms with van der Waals surface area (Å²) in [7, 11) is 0. The summed E-state index contributed by atoms with van der Waals surface area (Å²) in [5.74, 6) is 4.75. The molecule has 0 saturated carbocycles. The Kier molecular flexibility index (Phi) is 71.7. The minimum Gasteiger partial charge on any atom is -0.793 e. The Balaban J connectivity index is -0.000000187. The number of hydrogen-bond donors (Lipinski definition) is 0. The van der Waals surface area contributed by atoms with Crippen molar-refractivity contribution in [2.75, 3.05) is 11.5 Å². The summed E-state index contributed by atoms with van der Waals surface area (Å²) >= 11 is 9.89. The van der Waals surface area contributed by atoms with E-state index in [1.54, 1.807) is 0 Å². The van der Waals surface area contributed by atoms with E-state index in [2.05, 4.69) is 55.4 Å². The van der Waals surface area contributed by atoms with E-state index in [1.807, 2.05) is 0 Å². The molecule has 0 aliphatic rings. The maximum Gasteiger partial charge on any atom is 2.00 e. The summed E-state index contributed by atoms with van der Waals surface area (Å²) in [5, 5.41) is 0. The molecule has 4 radical (unpaired) electrons. The Labute approximate surface area is 318 Å². The molecule has 0 amide bonds. The van der Waals surface area contributed by atoms with Crippen LogP contribution in [0.15, 0.2) is 0 Å². The van der Waals surface area contributed by atoms with Gasteiger partial charge >= 0.3 is 23.9 Å². The van der Waals surface area contributed by atoms with Gasteiger partial charge in [-0.25, -0.2) is 0 Å². The van der Waals surface area contributed by atoms with E-state index in [9.17, 15) is 0 Å². The summed E-state index contributed by atoms with van der Waals surface area (Å²) in [6.07, 6.45) is 43.0. The largest absolute Gasteiger partial charge is 2.00 e. The minimum atomic E-state index is 0. The van der Waals surface area contributed by atoms with Crippen LogP contribution in [0.1, 0.15) is 248 Å². The van der Waals surface area contributed by atoms with Crippen molar-refractivity contribution in [2.24, 2.45) is 0 Å². The normalized spacial score (nSPS) is 10.4.